The zero-order valence-corrected chi connectivity index (χ0v) is 30.4. The first-order valence-corrected chi connectivity index (χ1v) is 18.5. The van der Waals surface area contributed by atoms with Crippen molar-refractivity contribution < 1.29 is 19.7 Å². The van der Waals surface area contributed by atoms with Crippen molar-refractivity contribution in [3.63, 3.8) is 0 Å². The Labute approximate surface area is 301 Å². The van der Waals surface area contributed by atoms with Crippen LogP contribution in [-0.2, 0) is 0 Å². The summed E-state index contributed by atoms with van der Waals surface area (Å²) in [7, 11) is 0. The van der Waals surface area contributed by atoms with Gasteiger partial charge < -0.3 is 19.7 Å². The maximum atomic E-state index is 10.4. The smallest absolute Gasteiger partial charge is 0.146 e. The minimum Gasteiger partial charge on any atom is -0.505 e. The molecule has 10 nitrogen and oxygen atoms in total. The van der Waals surface area contributed by atoms with Gasteiger partial charge in [-0.2, -0.15) is 0 Å². The van der Waals surface area contributed by atoms with Gasteiger partial charge in [-0.05, 0) is 73.2 Å². The number of unbranched alkanes of at least 4 members (excludes halogenated alkanes) is 3. The van der Waals surface area contributed by atoms with Gasteiger partial charge in [0.25, 0.3) is 0 Å². The molecule has 2 atom stereocenters. The van der Waals surface area contributed by atoms with E-state index < -0.39 is 0 Å². The van der Waals surface area contributed by atoms with Crippen LogP contribution >= 0.6 is 0 Å². The summed E-state index contributed by atoms with van der Waals surface area (Å²) in [6.45, 7) is 10.2. The van der Waals surface area contributed by atoms with Crippen LogP contribution in [0.5, 0.6) is 23.0 Å². The molecule has 0 fully saturated rings. The number of benzene rings is 4. The normalized spacial score (nSPS) is 12.4. The largest absolute Gasteiger partial charge is 0.505 e. The predicted molar refractivity (Wildman–Crippen MR) is 203 cm³/mol. The molecule has 4 aromatic carbocycles. The highest BCUT2D eigenvalue weighted by atomic mass is 16.5. The molecule has 10 heteroatoms. The summed E-state index contributed by atoms with van der Waals surface area (Å²) in [4.78, 5) is 2.92. The summed E-state index contributed by atoms with van der Waals surface area (Å²) < 4.78 is 11.8. The molecule has 0 aliphatic heterocycles. The average Bonchev–Trinajstić information content (AvgIpc) is 3.78. The quantitative estimate of drug-likeness (QED) is 0.0907. The first-order chi connectivity index (χ1) is 24.9. The molecular weight excluding hydrogens is 640 g/mol. The molecule has 6 rings (SSSR count). The first-order valence-electron chi connectivity index (χ1n) is 18.5. The van der Waals surface area contributed by atoms with E-state index in [0.29, 0.717) is 47.9 Å². The zero-order chi connectivity index (χ0) is 36.0. The third-order valence-corrected chi connectivity index (χ3v) is 9.21. The Balaban J connectivity index is 0.000000198. The number of rotatable bonds is 17. The lowest BCUT2D eigenvalue weighted by atomic mass is 10.00. The molecule has 0 saturated heterocycles. The van der Waals surface area contributed by atoms with E-state index in [4.69, 9.17) is 9.47 Å². The zero-order valence-electron chi connectivity index (χ0n) is 30.4. The second-order valence-electron chi connectivity index (χ2n) is 13.1. The maximum absolute atomic E-state index is 10.4. The monoisotopic (exact) mass is 692 g/mol. The molecule has 2 heterocycles. The molecule has 6 aromatic rings. The van der Waals surface area contributed by atoms with Gasteiger partial charge in [0, 0.05) is 12.1 Å². The second kappa shape index (κ2) is 18.8. The third kappa shape index (κ3) is 10.2. The van der Waals surface area contributed by atoms with Crippen molar-refractivity contribution in [1.29, 1.82) is 0 Å². The Kier molecular flexibility index (Phi) is 13.7. The lowest BCUT2D eigenvalue weighted by Crippen LogP contribution is -2.11. The number of fused-ring (bicyclic) bond motifs is 2. The van der Waals surface area contributed by atoms with Crippen LogP contribution in [0, 0.1) is 11.8 Å². The van der Waals surface area contributed by atoms with Crippen LogP contribution in [0.1, 0.15) is 85.5 Å². The molecule has 2 unspecified atom stereocenters. The van der Waals surface area contributed by atoms with Crippen LogP contribution in [0.25, 0.3) is 33.4 Å². The van der Waals surface area contributed by atoms with E-state index in [1.807, 2.05) is 60.7 Å². The van der Waals surface area contributed by atoms with Crippen LogP contribution in [0.2, 0.25) is 0 Å². The van der Waals surface area contributed by atoms with Crippen LogP contribution in [0.3, 0.4) is 0 Å². The summed E-state index contributed by atoms with van der Waals surface area (Å²) in [5, 5.41) is 38.4. The Morgan fingerprint density at radius 1 is 0.529 bits per heavy atom. The molecule has 2 N–H and O–H groups in total. The summed E-state index contributed by atoms with van der Waals surface area (Å²) in [5.41, 5.74) is 4.27. The molecule has 0 saturated carbocycles. The Bertz CT molecular complexity index is 1890. The highest BCUT2D eigenvalue weighted by molar-refractivity contribution is 5.74. The second-order valence-corrected chi connectivity index (χ2v) is 13.1. The van der Waals surface area contributed by atoms with Crippen LogP contribution < -0.4 is 9.47 Å². The van der Waals surface area contributed by atoms with Crippen LogP contribution in [-0.4, -0.2) is 53.4 Å². The van der Waals surface area contributed by atoms with E-state index in [9.17, 15) is 10.2 Å². The summed E-state index contributed by atoms with van der Waals surface area (Å²) in [6, 6.07) is 25.8. The van der Waals surface area contributed by atoms with Crippen molar-refractivity contribution in [3.8, 4) is 34.4 Å². The molecular formula is C41H52N6O4. The number of hydrogen-bond acceptors (Lipinski definition) is 8. The van der Waals surface area contributed by atoms with Crippen molar-refractivity contribution >= 4 is 22.1 Å². The standard InChI is InChI=1S/C21H27N3O2.C20H25N3O2/c1-3-5-6-9-16(4-2)15-26-17-12-13-20(21(25)14-17)24-22-18-10-7-8-11-19(18)23-24;1-3-5-8-15(4-2)14-25-16-11-12-19(20(24)13-16)23-21-17-9-6-7-10-18(17)22-23/h7-8,10-14,16,25H,3-6,9,15H2,1-2H3;6-7,9-13,15,24H,3-5,8,14H2,1-2H3. The van der Waals surface area contributed by atoms with E-state index in [-0.39, 0.29) is 11.5 Å². The minimum atomic E-state index is 0.111. The van der Waals surface area contributed by atoms with Gasteiger partial charge in [-0.15, -0.1) is 30.0 Å². The molecule has 0 aliphatic rings. The number of phenols is 2. The summed E-state index contributed by atoms with van der Waals surface area (Å²) in [6.07, 6.45) is 10.8. The van der Waals surface area contributed by atoms with E-state index in [0.717, 1.165) is 34.9 Å². The van der Waals surface area contributed by atoms with Crippen LogP contribution in [0.15, 0.2) is 84.9 Å². The maximum Gasteiger partial charge on any atom is 0.146 e. The van der Waals surface area contributed by atoms with Crippen LogP contribution in [0.4, 0.5) is 0 Å². The van der Waals surface area contributed by atoms with Gasteiger partial charge in [0.2, 0.25) is 0 Å². The van der Waals surface area contributed by atoms with Gasteiger partial charge in [0.15, 0.2) is 0 Å². The Hall–Kier alpha value is -5.12. The van der Waals surface area contributed by atoms with E-state index in [1.54, 1.807) is 24.3 Å². The van der Waals surface area contributed by atoms with Gasteiger partial charge in [0.05, 0.1) is 13.2 Å². The molecule has 51 heavy (non-hydrogen) atoms. The highest BCUT2D eigenvalue weighted by Gasteiger charge is 2.13. The third-order valence-electron chi connectivity index (χ3n) is 9.21. The topological polar surface area (TPSA) is 120 Å². The van der Waals surface area contributed by atoms with Crippen molar-refractivity contribution in [1.82, 2.24) is 30.0 Å². The van der Waals surface area contributed by atoms with Crippen molar-refractivity contribution in [3.05, 3.63) is 84.9 Å². The average molecular weight is 693 g/mol. The lowest BCUT2D eigenvalue weighted by molar-refractivity contribution is 0.232. The van der Waals surface area contributed by atoms with E-state index >= 15 is 0 Å². The summed E-state index contributed by atoms with van der Waals surface area (Å²) in [5.74, 6) is 2.69. The Morgan fingerprint density at radius 2 is 0.922 bits per heavy atom. The van der Waals surface area contributed by atoms with Gasteiger partial charge in [0.1, 0.15) is 56.4 Å². The fourth-order valence-electron chi connectivity index (χ4n) is 5.87. The van der Waals surface area contributed by atoms with Crippen molar-refractivity contribution in [2.75, 3.05) is 13.2 Å². The molecule has 0 amide bonds. The molecule has 0 radical (unpaired) electrons. The Morgan fingerprint density at radius 3 is 1.27 bits per heavy atom. The van der Waals surface area contributed by atoms with Crippen molar-refractivity contribution in [2.45, 2.75) is 85.5 Å². The number of phenolic OH excluding ortho intramolecular Hbond substituents is 2. The van der Waals surface area contributed by atoms with E-state index in [1.165, 1.54) is 54.5 Å². The molecule has 2 aromatic heterocycles. The van der Waals surface area contributed by atoms with Gasteiger partial charge in [-0.1, -0.05) is 96.9 Å². The number of nitrogens with zero attached hydrogens (tertiary/aromatic N) is 6. The number of aromatic nitrogens is 6. The summed E-state index contributed by atoms with van der Waals surface area (Å²) >= 11 is 0. The highest BCUT2D eigenvalue weighted by Crippen LogP contribution is 2.29. The van der Waals surface area contributed by atoms with E-state index in [2.05, 4.69) is 48.1 Å². The van der Waals surface area contributed by atoms with Gasteiger partial charge in [-0.25, -0.2) is 0 Å². The van der Waals surface area contributed by atoms with Gasteiger partial charge in [-0.3, -0.25) is 0 Å². The molecule has 0 bridgehead atoms. The fraction of sp³-hybridized carbons (Fsp3) is 0.415. The predicted octanol–water partition coefficient (Wildman–Crippen LogP) is 9.83. The fourth-order valence-corrected chi connectivity index (χ4v) is 5.87. The molecule has 0 spiro atoms. The molecule has 0 aliphatic carbocycles. The first kappa shape index (κ1) is 37.1. The van der Waals surface area contributed by atoms with Crippen molar-refractivity contribution in [2.24, 2.45) is 11.8 Å². The SMILES string of the molecule is CCCCC(CC)COc1ccc(-n2nc3ccccc3n2)c(O)c1.CCCCCC(CC)COc1ccc(-n2nc3ccccc3n2)c(O)c1. The number of aromatic hydroxyl groups is 2. The number of ether oxygens (including phenoxy) is 2. The van der Waals surface area contributed by atoms with Gasteiger partial charge >= 0.3 is 0 Å². The number of hydrogen-bond donors (Lipinski definition) is 2. The molecule has 270 valence electrons. The minimum absolute atomic E-state index is 0.111. The lowest BCUT2D eigenvalue weighted by Gasteiger charge is -2.16.